The zero-order chi connectivity index (χ0) is 20.1. The van der Waals surface area contributed by atoms with Gasteiger partial charge in [-0.2, -0.15) is 0 Å². The van der Waals surface area contributed by atoms with E-state index in [0.29, 0.717) is 0 Å². The summed E-state index contributed by atoms with van der Waals surface area (Å²) >= 11 is 0. The van der Waals surface area contributed by atoms with Gasteiger partial charge in [0.25, 0.3) is 0 Å². The molecule has 1 N–H and O–H groups in total. The third kappa shape index (κ3) is 4.07. The van der Waals surface area contributed by atoms with Crippen molar-refractivity contribution in [1.82, 2.24) is 5.32 Å². The molecule has 0 fully saturated rings. The van der Waals surface area contributed by atoms with E-state index < -0.39 is 0 Å². The first-order chi connectivity index (χ1) is 13.5. The van der Waals surface area contributed by atoms with Gasteiger partial charge in [-0.15, -0.1) is 0 Å². The molecule has 0 spiro atoms. The van der Waals surface area contributed by atoms with Gasteiger partial charge >= 0.3 is 0 Å². The highest BCUT2D eigenvalue weighted by Crippen LogP contribution is 2.39. The summed E-state index contributed by atoms with van der Waals surface area (Å²) in [6.07, 6.45) is 24.5. The summed E-state index contributed by atoms with van der Waals surface area (Å²) in [5, 5.41) is 3.66. The van der Waals surface area contributed by atoms with E-state index in [-0.39, 0.29) is 18.0 Å². The predicted octanol–water partition coefficient (Wildman–Crippen LogP) is 5.71. The van der Waals surface area contributed by atoms with Crippen LogP contribution in [-0.2, 0) is 0 Å². The molecular weight excluding hydrogens is 340 g/mol. The van der Waals surface area contributed by atoms with Crippen molar-refractivity contribution in [3.8, 4) is 0 Å². The maximum absolute atomic E-state index is 5.01. The van der Waals surface area contributed by atoms with Crippen LogP contribution in [-0.4, -0.2) is 17.8 Å². The molecule has 2 aliphatic heterocycles. The van der Waals surface area contributed by atoms with Crippen LogP contribution in [0.1, 0.15) is 13.8 Å². The number of hydrogen-bond acceptors (Lipinski definition) is 2. The van der Waals surface area contributed by atoms with Crippen LogP contribution in [0, 0.1) is 5.92 Å². The number of allylic oxidation sites excluding steroid dienone is 13. The van der Waals surface area contributed by atoms with E-state index in [0.717, 1.165) is 17.0 Å². The van der Waals surface area contributed by atoms with Gasteiger partial charge in [0.2, 0.25) is 0 Å². The first kappa shape index (κ1) is 19.6. The quantitative estimate of drug-likeness (QED) is 0.597. The lowest BCUT2D eigenvalue weighted by Gasteiger charge is -2.41. The molecule has 0 aromatic rings. The molecule has 28 heavy (non-hydrogen) atoms. The normalized spacial score (nSPS) is 26.5. The summed E-state index contributed by atoms with van der Waals surface area (Å²) in [6, 6.07) is 0.266. The largest absolute Gasteiger partial charge is 0.380 e. The van der Waals surface area contributed by atoms with Gasteiger partial charge in [-0.05, 0) is 48.3 Å². The van der Waals surface area contributed by atoms with Crippen molar-refractivity contribution in [2.24, 2.45) is 10.9 Å². The zero-order valence-electron chi connectivity index (χ0n) is 16.7. The topological polar surface area (TPSA) is 24.4 Å². The third-order valence-corrected chi connectivity index (χ3v) is 5.13. The van der Waals surface area contributed by atoms with Crippen LogP contribution in [0.4, 0.5) is 0 Å². The Hall–Kier alpha value is -3.13. The molecule has 142 valence electrons. The van der Waals surface area contributed by atoms with Crippen LogP contribution in [0.15, 0.2) is 126 Å². The van der Waals surface area contributed by atoms with E-state index in [1.54, 1.807) is 12.2 Å². The van der Waals surface area contributed by atoms with Gasteiger partial charge in [0.15, 0.2) is 0 Å². The van der Waals surface area contributed by atoms with Crippen LogP contribution in [0.2, 0.25) is 0 Å². The lowest BCUT2D eigenvalue weighted by atomic mass is 9.73. The van der Waals surface area contributed by atoms with Gasteiger partial charge in [0.05, 0.1) is 12.1 Å². The minimum absolute atomic E-state index is 0.115. The molecule has 2 heterocycles. The molecule has 0 radical (unpaired) electrons. The zero-order valence-corrected chi connectivity index (χ0v) is 16.7. The van der Waals surface area contributed by atoms with Gasteiger partial charge in [0, 0.05) is 17.3 Å². The molecule has 0 aromatic heterocycles. The molecule has 0 saturated heterocycles. The summed E-state index contributed by atoms with van der Waals surface area (Å²) in [5.41, 5.74) is 6.94. The Kier molecular flexibility index (Phi) is 6.10. The highest BCUT2D eigenvalue weighted by Gasteiger charge is 2.39. The van der Waals surface area contributed by atoms with Crippen molar-refractivity contribution in [1.29, 1.82) is 0 Å². The lowest BCUT2D eigenvalue weighted by Crippen LogP contribution is -2.48. The summed E-state index contributed by atoms with van der Waals surface area (Å²) in [6.45, 7) is 15.9. The van der Waals surface area contributed by atoms with E-state index in [4.69, 9.17) is 4.99 Å². The van der Waals surface area contributed by atoms with E-state index >= 15 is 0 Å². The molecule has 2 heteroatoms. The van der Waals surface area contributed by atoms with E-state index in [2.05, 4.69) is 75.4 Å². The van der Waals surface area contributed by atoms with Crippen molar-refractivity contribution in [3.05, 3.63) is 121 Å². The van der Waals surface area contributed by atoms with Gasteiger partial charge in [0.1, 0.15) is 0 Å². The van der Waals surface area contributed by atoms with Crippen LogP contribution < -0.4 is 5.32 Å². The fraction of sp³-hybridized carbons (Fsp3) is 0.192. The summed E-state index contributed by atoms with van der Waals surface area (Å²) in [7, 11) is 0. The van der Waals surface area contributed by atoms with Crippen molar-refractivity contribution >= 4 is 5.71 Å². The number of aliphatic imine (C=N–C) groups is 1. The summed E-state index contributed by atoms with van der Waals surface area (Å²) in [5.74, 6) is 0.212. The Morgan fingerprint density at radius 2 is 1.86 bits per heavy atom. The summed E-state index contributed by atoms with van der Waals surface area (Å²) < 4.78 is 0. The number of rotatable bonds is 6. The van der Waals surface area contributed by atoms with Gasteiger partial charge in [-0.1, -0.05) is 80.5 Å². The molecule has 3 rings (SSSR count). The monoisotopic (exact) mass is 368 g/mol. The van der Waals surface area contributed by atoms with E-state index in [9.17, 15) is 0 Å². The SMILES string of the molecule is C=C/C=C\C=C\C1=C2C=CC3C(C(=C)/C=C\C=C)=CC(C)=NC3C2NC(C)=C1. The minimum atomic E-state index is 0.115. The number of hydrogen-bond donors (Lipinski definition) is 1. The molecule has 1 aliphatic carbocycles. The van der Waals surface area contributed by atoms with Crippen molar-refractivity contribution in [3.63, 3.8) is 0 Å². The third-order valence-electron chi connectivity index (χ3n) is 5.13. The van der Waals surface area contributed by atoms with E-state index in [1.807, 2.05) is 24.3 Å². The first-order valence-corrected chi connectivity index (χ1v) is 9.62. The van der Waals surface area contributed by atoms with Crippen molar-refractivity contribution < 1.29 is 0 Å². The van der Waals surface area contributed by atoms with Crippen LogP contribution in [0.3, 0.4) is 0 Å². The summed E-state index contributed by atoms with van der Waals surface area (Å²) in [4.78, 5) is 5.01. The standard InChI is InChI=1S/C26H28N2/c1-6-8-10-11-13-21-16-19(4)27-25-22(21)14-15-23-24(18(3)12-9-7-2)17-20(5)28-26(23)25/h6-17,23,25-27H,1-3H2,4-5H3/b10-8-,12-9-,13-11+. The van der Waals surface area contributed by atoms with Gasteiger partial charge in [-0.25, -0.2) is 0 Å². The lowest BCUT2D eigenvalue weighted by molar-refractivity contribution is 0.439. The second-order valence-corrected chi connectivity index (χ2v) is 7.21. The Morgan fingerprint density at radius 1 is 1.07 bits per heavy atom. The molecule has 3 unspecified atom stereocenters. The highest BCUT2D eigenvalue weighted by atomic mass is 15.0. The van der Waals surface area contributed by atoms with Crippen molar-refractivity contribution in [2.45, 2.75) is 25.9 Å². The average Bonchev–Trinajstić information content (AvgIpc) is 2.68. The second kappa shape index (κ2) is 8.71. The smallest absolute Gasteiger partial charge is 0.0848 e. The van der Waals surface area contributed by atoms with Crippen LogP contribution in [0.5, 0.6) is 0 Å². The molecule has 3 aliphatic rings. The maximum Gasteiger partial charge on any atom is 0.0848 e. The maximum atomic E-state index is 5.01. The predicted molar refractivity (Wildman–Crippen MR) is 122 cm³/mol. The number of nitrogens with zero attached hydrogens (tertiary/aromatic N) is 1. The molecule has 0 bridgehead atoms. The number of fused-ring (bicyclic) bond motifs is 3. The van der Waals surface area contributed by atoms with E-state index in [1.165, 1.54) is 16.7 Å². The highest BCUT2D eigenvalue weighted by molar-refractivity contribution is 5.95. The van der Waals surface area contributed by atoms with Crippen molar-refractivity contribution in [2.75, 3.05) is 0 Å². The molecule has 0 aromatic carbocycles. The first-order valence-electron chi connectivity index (χ1n) is 9.62. The van der Waals surface area contributed by atoms with Gasteiger partial charge in [-0.3, -0.25) is 4.99 Å². The average molecular weight is 369 g/mol. The molecule has 0 saturated carbocycles. The Labute approximate surface area is 168 Å². The fourth-order valence-corrected chi connectivity index (χ4v) is 3.93. The molecule has 2 nitrogen and oxygen atoms in total. The molecule has 0 amide bonds. The molecule has 3 atom stereocenters. The van der Waals surface area contributed by atoms with Gasteiger partial charge < -0.3 is 5.32 Å². The molecular formula is C26H28N2. The van der Waals surface area contributed by atoms with Crippen LogP contribution in [0.25, 0.3) is 0 Å². The Morgan fingerprint density at radius 3 is 2.61 bits per heavy atom. The minimum Gasteiger partial charge on any atom is -0.380 e. The Bertz CT molecular complexity index is 925. The van der Waals surface area contributed by atoms with Crippen LogP contribution >= 0.6 is 0 Å². The fourth-order valence-electron chi connectivity index (χ4n) is 3.93. The Balaban J connectivity index is 2.00. The number of nitrogens with one attached hydrogen (secondary N) is 1. The second-order valence-electron chi connectivity index (χ2n) is 7.21. The number of dihydropyridines is 2.